The number of aromatic nitrogens is 3. The van der Waals surface area contributed by atoms with Gasteiger partial charge in [-0.2, -0.15) is 5.10 Å². The van der Waals surface area contributed by atoms with Crippen LogP contribution < -0.4 is 5.32 Å². The average molecular weight is 436 g/mol. The number of benzene rings is 2. The number of nitrogens with one attached hydrogen (secondary N) is 1. The van der Waals surface area contributed by atoms with Crippen molar-refractivity contribution in [2.24, 2.45) is 0 Å². The first kappa shape index (κ1) is 19.7. The lowest BCUT2D eigenvalue weighted by Gasteiger charge is -2.41. The molecule has 1 N–H and O–H groups in total. The van der Waals surface area contributed by atoms with Crippen LogP contribution in [0.5, 0.6) is 0 Å². The quantitative estimate of drug-likeness (QED) is 0.463. The molecule has 0 radical (unpaired) electrons. The van der Waals surface area contributed by atoms with E-state index in [1.807, 2.05) is 77.6 Å². The minimum absolute atomic E-state index is 0.0887. The molecule has 1 aliphatic carbocycles. The van der Waals surface area contributed by atoms with Crippen molar-refractivity contribution in [1.82, 2.24) is 19.7 Å². The molecular weight excluding hydrogens is 410 g/mol. The second kappa shape index (κ2) is 8.20. The Hall–Kier alpha value is -3.93. The summed E-state index contributed by atoms with van der Waals surface area (Å²) >= 11 is 0. The Morgan fingerprint density at radius 3 is 2.48 bits per heavy atom. The third kappa shape index (κ3) is 3.48. The summed E-state index contributed by atoms with van der Waals surface area (Å²) in [6.07, 6.45) is 9.72. The predicted molar refractivity (Wildman–Crippen MR) is 128 cm³/mol. The molecule has 0 bridgehead atoms. The van der Waals surface area contributed by atoms with E-state index >= 15 is 0 Å². The normalized spacial score (nSPS) is 18.2. The molecule has 1 amide bonds. The van der Waals surface area contributed by atoms with Gasteiger partial charge in [-0.15, -0.1) is 0 Å². The van der Waals surface area contributed by atoms with Crippen molar-refractivity contribution >= 4 is 11.6 Å². The molecule has 6 nitrogen and oxygen atoms in total. The fourth-order valence-electron chi connectivity index (χ4n) is 5.08. The zero-order valence-electron chi connectivity index (χ0n) is 18.3. The smallest absolute Gasteiger partial charge is 0.258 e. The van der Waals surface area contributed by atoms with Gasteiger partial charge in [-0.05, 0) is 49.2 Å². The number of hydrogen-bond acceptors (Lipinski definition) is 4. The zero-order chi connectivity index (χ0) is 22.2. The fraction of sp³-hybridized carbons (Fsp3) is 0.222. The van der Waals surface area contributed by atoms with Crippen molar-refractivity contribution in [1.29, 1.82) is 0 Å². The molecule has 1 saturated carbocycles. The number of carbonyl (C=O) groups excluding carboxylic acids is 1. The van der Waals surface area contributed by atoms with Crippen LogP contribution in [0.3, 0.4) is 0 Å². The second-order valence-corrected chi connectivity index (χ2v) is 8.70. The van der Waals surface area contributed by atoms with Gasteiger partial charge in [-0.25, -0.2) is 4.68 Å². The van der Waals surface area contributed by atoms with Crippen LogP contribution in [0.1, 0.15) is 47.8 Å². The number of nitrogens with zero attached hydrogens (tertiary/aromatic N) is 4. The number of amides is 1. The first-order valence-electron chi connectivity index (χ1n) is 11.5. The second-order valence-electron chi connectivity index (χ2n) is 8.70. The van der Waals surface area contributed by atoms with Crippen LogP contribution in [0, 0.1) is 0 Å². The van der Waals surface area contributed by atoms with Crippen LogP contribution in [0.15, 0.2) is 85.3 Å². The van der Waals surface area contributed by atoms with Crippen molar-refractivity contribution < 1.29 is 4.79 Å². The SMILES string of the molecule is O=C1c2ccccc2N[C@@H](c2cn(-c3ccccc3)nc2-c2cccnc2)N1C1CCCC1. The van der Waals surface area contributed by atoms with E-state index in [4.69, 9.17) is 5.10 Å². The van der Waals surface area contributed by atoms with Gasteiger partial charge in [0.25, 0.3) is 5.91 Å². The van der Waals surface area contributed by atoms with Crippen LogP contribution in [0.25, 0.3) is 16.9 Å². The van der Waals surface area contributed by atoms with E-state index in [-0.39, 0.29) is 18.1 Å². The van der Waals surface area contributed by atoms with Gasteiger partial charge in [-0.1, -0.05) is 43.2 Å². The third-order valence-electron chi connectivity index (χ3n) is 6.67. The minimum Gasteiger partial charge on any atom is -0.361 e. The Labute approximate surface area is 192 Å². The highest BCUT2D eigenvalue weighted by Crippen LogP contribution is 2.41. The number of rotatable bonds is 4. The first-order valence-corrected chi connectivity index (χ1v) is 11.5. The molecule has 3 heterocycles. The van der Waals surface area contributed by atoms with Crippen LogP contribution in [-0.2, 0) is 0 Å². The van der Waals surface area contributed by atoms with Crippen molar-refractivity contribution in [2.45, 2.75) is 37.9 Å². The number of anilines is 1. The summed E-state index contributed by atoms with van der Waals surface area (Å²) in [5, 5.41) is 8.64. The highest BCUT2D eigenvalue weighted by Gasteiger charge is 2.40. The maximum absolute atomic E-state index is 13.8. The summed E-state index contributed by atoms with van der Waals surface area (Å²) < 4.78 is 1.90. The molecule has 1 aliphatic heterocycles. The van der Waals surface area contributed by atoms with Crippen molar-refractivity contribution in [2.75, 3.05) is 5.32 Å². The van der Waals surface area contributed by atoms with Gasteiger partial charge in [0.05, 0.1) is 11.3 Å². The molecule has 2 aromatic carbocycles. The Morgan fingerprint density at radius 1 is 0.909 bits per heavy atom. The van der Waals surface area contributed by atoms with Gasteiger partial charge in [-0.3, -0.25) is 9.78 Å². The van der Waals surface area contributed by atoms with E-state index in [1.54, 1.807) is 6.20 Å². The standard InChI is InChI=1S/C27H25N5O/c33-27-22-14-6-7-15-24(22)29-26(32(27)21-12-4-5-13-21)23-18-31(20-10-2-1-3-11-20)30-25(23)19-9-8-16-28-17-19/h1-3,6-11,14-18,21,26,29H,4-5,12-13H2/t26-/m1/s1. The molecule has 1 fully saturated rings. The lowest BCUT2D eigenvalue weighted by molar-refractivity contribution is 0.0585. The van der Waals surface area contributed by atoms with Crippen LogP contribution >= 0.6 is 0 Å². The molecule has 4 aromatic rings. The molecule has 2 aliphatic rings. The Kier molecular flexibility index (Phi) is 4.91. The molecule has 2 aromatic heterocycles. The Bertz CT molecular complexity index is 1280. The van der Waals surface area contributed by atoms with Gasteiger partial charge in [0, 0.05) is 41.4 Å². The molecule has 0 spiro atoms. The molecule has 6 heteroatoms. The summed E-state index contributed by atoms with van der Waals surface area (Å²) in [6, 6.07) is 22.0. The van der Waals surface area contributed by atoms with Crippen LogP contribution in [0.4, 0.5) is 5.69 Å². The maximum Gasteiger partial charge on any atom is 0.258 e. The topological polar surface area (TPSA) is 63.1 Å². The average Bonchev–Trinajstić information content (AvgIpc) is 3.56. The maximum atomic E-state index is 13.8. The molecule has 164 valence electrons. The van der Waals surface area contributed by atoms with E-state index in [2.05, 4.69) is 21.4 Å². The largest absolute Gasteiger partial charge is 0.361 e. The van der Waals surface area contributed by atoms with Gasteiger partial charge in [0.2, 0.25) is 0 Å². The minimum atomic E-state index is -0.303. The lowest BCUT2D eigenvalue weighted by Crippen LogP contribution is -2.47. The van der Waals surface area contributed by atoms with E-state index in [9.17, 15) is 4.79 Å². The van der Waals surface area contributed by atoms with E-state index in [0.717, 1.165) is 59.4 Å². The van der Waals surface area contributed by atoms with Crippen molar-refractivity contribution in [3.8, 4) is 16.9 Å². The Morgan fingerprint density at radius 2 is 1.70 bits per heavy atom. The predicted octanol–water partition coefficient (Wildman–Crippen LogP) is 5.44. The Balaban J connectivity index is 1.53. The van der Waals surface area contributed by atoms with Crippen LogP contribution in [-0.4, -0.2) is 31.6 Å². The zero-order valence-corrected chi connectivity index (χ0v) is 18.3. The van der Waals surface area contributed by atoms with E-state index in [0.29, 0.717) is 0 Å². The lowest BCUT2D eigenvalue weighted by atomic mass is 9.99. The van der Waals surface area contributed by atoms with Crippen LogP contribution in [0.2, 0.25) is 0 Å². The monoisotopic (exact) mass is 435 g/mol. The van der Waals surface area contributed by atoms with Gasteiger partial charge in [0.1, 0.15) is 11.9 Å². The van der Waals surface area contributed by atoms with E-state index in [1.165, 1.54) is 0 Å². The summed E-state index contributed by atoms with van der Waals surface area (Å²) in [5.41, 5.74) is 5.32. The summed E-state index contributed by atoms with van der Waals surface area (Å²) in [4.78, 5) is 20.1. The van der Waals surface area contributed by atoms with Gasteiger partial charge in [0.15, 0.2) is 0 Å². The van der Waals surface area contributed by atoms with Crippen molar-refractivity contribution in [3.63, 3.8) is 0 Å². The highest BCUT2D eigenvalue weighted by atomic mass is 16.2. The fourth-order valence-corrected chi connectivity index (χ4v) is 5.08. The van der Waals surface area contributed by atoms with Gasteiger partial charge >= 0.3 is 0 Å². The summed E-state index contributed by atoms with van der Waals surface area (Å²) in [5.74, 6) is 0.0887. The van der Waals surface area contributed by atoms with Crippen molar-refractivity contribution in [3.05, 3.63) is 96.4 Å². The molecule has 0 unspecified atom stereocenters. The molecule has 6 rings (SSSR count). The third-order valence-corrected chi connectivity index (χ3v) is 6.67. The first-order chi connectivity index (χ1) is 16.3. The number of fused-ring (bicyclic) bond motifs is 1. The molecule has 33 heavy (non-hydrogen) atoms. The number of para-hydroxylation sites is 2. The number of pyridine rings is 1. The summed E-state index contributed by atoms with van der Waals surface area (Å²) in [6.45, 7) is 0. The van der Waals surface area contributed by atoms with Gasteiger partial charge < -0.3 is 10.2 Å². The van der Waals surface area contributed by atoms with E-state index < -0.39 is 0 Å². The highest BCUT2D eigenvalue weighted by molar-refractivity contribution is 6.02. The molecular formula is C27H25N5O. The summed E-state index contributed by atoms with van der Waals surface area (Å²) in [7, 11) is 0. The molecule has 0 saturated heterocycles. The number of carbonyl (C=O) groups is 1. The number of hydrogen-bond donors (Lipinski definition) is 1. The molecule has 1 atom stereocenters.